The van der Waals surface area contributed by atoms with Gasteiger partial charge in [-0.25, -0.2) is 8.42 Å². The molecule has 110 valence electrons. The Kier molecular flexibility index (Phi) is 4.15. The second-order valence-corrected chi connectivity index (χ2v) is 7.61. The molecule has 2 rings (SSSR count). The van der Waals surface area contributed by atoms with E-state index in [1.54, 1.807) is 12.1 Å². The Labute approximate surface area is 119 Å². The van der Waals surface area contributed by atoms with Gasteiger partial charge in [-0.3, -0.25) is 4.79 Å². The average Bonchev–Trinajstić information content (AvgIpc) is 2.74. The third kappa shape index (κ3) is 3.80. The zero-order valence-electron chi connectivity index (χ0n) is 11.6. The van der Waals surface area contributed by atoms with Crippen molar-refractivity contribution in [1.29, 1.82) is 0 Å². The number of sulfone groups is 1. The molecule has 0 atom stereocenters. The number of hydrogen-bond acceptors (Lipinski definition) is 4. The Morgan fingerprint density at radius 1 is 1.35 bits per heavy atom. The molecule has 5 nitrogen and oxygen atoms in total. The van der Waals surface area contributed by atoms with Crippen molar-refractivity contribution in [3.63, 3.8) is 0 Å². The molecule has 0 aromatic heterocycles. The Bertz CT molecular complexity index is 605. The van der Waals surface area contributed by atoms with E-state index >= 15 is 0 Å². The highest BCUT2D eigenvalue weighted by molar-refractivity contribution is 7.90. The fraction of sp³-hybridized carbons (Fsp3) is 0.500. The minimum atomic E-state index is -3.27. The molecule has 1 aromatic carbocycles. The highest BCUT2D eigenvalue weighted by atomic mass is 32.2. The molecular formula is C14H20N2O3S. The molecular weight excluding hydrogens is 276 g/mol. The van der Waals surface area contributed by atoms with E-state index in [2.05, 4.69) is 5.32 Å². The van der Waals surface area contributed by atoms with Crippen LogP contribution in [0.1, 0.15) is 32.1 Å². The van der Waals surface area contributed by atoms with E-state index in [1.165, 1.54) is 12.1 Å². The summed E-state index contributed by atoms with van der Waals surface area (Å²) in [6.45, 7) is 0. The van der Waals surface area contributed by atoms with Crippen LogP contribution in [0.15, 0.2) is 29.2 Å². The van der Waals surface area contributed by atoms with Gasteiger partial charge in [0.25, 0.3) is 0 Å². The van der Waals surface area contributed by atoms with Gasteiger partial charge in [0, 0.05) is 23.9 Å². The number of nitrogens with two attached hydrogens (primary N) is 1. The van der Waals surface area contributed by atoms with Crippen LogP contribution in [0.2, 0.25) is 0 Å². The molecule has 1 saturated carbocycles. The van der Waals surface area contributed by atoms with Crippen LogP contribution in [0.4, 0.5) is 5.69 Å². The maximum Gasteiger partial charge on any atom is 0.226 e. The molecule has 0 heterocycles. The predicted molar refractivity (Wildman–Crippen MR) is 78.2 cm³/mol. The van der Waals surface area contributed by atoms with Crippen molar-refractivity contribution in [1.82, 2.24) is 0 Å². The average molecular weight is 296 g/mol. The van der Waals surface area contributed by atoms with E-state index < -0.39 is 15.4 Å². The van der Waals surface area contributed by atoms with Crippen molar-refractivity contribution in [2.75, 3.05) is 11.6 Å². The predicted octanol–water partition coefficient (Wildman–Crippen LogP) is 1.69. The lowest BCUT2D eigenvalue weighted by Gasteiger charge is -2.22. The van der Waals surface area contributed by atoms with Gasteiger partial charge in [0.2, 0.25) is 5.91 Å². The monoisotopic (exact) mass is 296 g/mol. The van der Waals surface area contributed by atoms with Gasteiger partial charge in [-0.2, -0.15) is 0 Å². The molecule has 0 radical (unpaired) electrons. The quantitative estimate of drug-likeness (QED) is 0.885. The normalized spacial score (nSPS) is 17.9. The fourth-order valence-electron chi connectivity index (χ4n) is 2.59. The first-order valence-electron chi connectivity index (χ1n) is 6.67. The first-order valence-corrected chi connectivity index (χ1v) is 8.57. The van der Waals surface area contributed by atoms with Crippen molar-refractivity contribution < 1.29 is 13.2 Å². The third-order valence-corrected chi connectivity index (χ3v) is 4.77. The molecule has 0 unspecified atom stereocenters. The maximum atomic E-state index is 12.0. The summed E-state index contributed by atoms with van der Waals surface area (Å²) in [6.07, 6.45) is 5.27. The largest absolute Gasteiger partial charge is 0.326 e. The van der Waals surface area contributed by atoms with Gasteiger partial charge < -0.3 is 11.1 Å². The van der Waals surface area contributed by atoms with Gasteiger partial charge in [-0.15, -0.1) is 0 Å². The Morgan fingerprint density at radius 3 is 2.60 bits per heavy atom. The number of hydrogen-bond donors (Lipinski definition) is 2. The summed E-state index contributed by atoms with van der Waals surface area (Å²) in [5, 5.41) is 2.72. The van der Waals surface area contributed by atoms with E-state index in [-0.39, 0.29) is 17.2 Å². The van der Waals surface area contributed by atoms with E-state index in [9.17, 15) is 13.2 Å². The second kappa shape index (κ2) is 5.54. The number of anilines is 1. The van der Waals surface area contributed by atoms with Crippen molar-refractivity contribution in [3.05, 3.63) is 24.3 Å². The maximum absolute atomic E-state index is 12.0. The van der Waals surface area contributed by atoms with Gasteiger partial charge >= 0.3 is 0 Å². The SMILES string of the molecule is CS(=O)(=O)c1cccc(NC(=O)CC2(N)CCCC2)c1. The molecule has 20 heavy (non-hydrogen) atoms. The molecule has 0 spiro atoms. The van der Waals surface area contributed by atoms with Crippen molar-refractivity contribution >= 4 is 21.4 Å². The van der Waals surface area contributed by atoms with Gasteiger partial charge in [-0.05, 0) is 31.0 Å². The Hall–Kier alpha value is -1.40. The summed E-state index contributed by atoms with van der Waals surface area (Å²) in [5.41, 5.74) is 6.24. The molecule has 1 aromatic rings. The Balaban J connectivity index is 2.05. The highest BCUT2D eigenvalue weighted by Crippen LogP contribution is 2.30. The highest BCUT2D eigenvalue weighted by Gasteiger charge is 2.31. The van der Waals surface area contributed by atoms with E-state index in [0.717, 1.165) is 31.9 Å². The molecule has 3 N–H and O–H groups in total. The van der Waals surface area contributed by atoms with Gasteiger partial charge in [0.1, 0.15) is 0 Å². The second-order valence-electron chi connectivity index (χ2n) is 5.59. The first-order chi connectivity index (χ1) is 9.28. The lowest BCUT2D eigenvalue weighted by molar-refractivity contribution is -0.117. The summed E-state index contributed by atoms with van der Waals surface area (Å²) in [5.74, 6) is -0.167. The van der Waals surface area contributed by atoms with Gasteiger partial charge in [0.05, 0.1) is 4.90 Å². The molecule has 0 aliphatic heterocycles. The molecule has 0 saturated heterocycles. The van der Waals surface area contributed by atoms with Crippen LogP contribution in [0.5, 0.6) is 0 Å². The van der Waals surface area contributed by atoms with Crippen LogP contribution in [0.25, 0.3) is 0 Å². The standard InChI is InChI=1S/C14H20N2O3S/c1-20(18,19)12-6-4-5-11(9-12)16-13(17)10-14(15)7-2-3-8-14/h4-6,9H,2-3,7-8,10,15H2,1H3,(H,16,17). The number of benzene rings is 1. The van der Waals surface area contributed by atoms with Gasteiger partial charge in [0.15, 0.2) is 9.84 Å². The Morgan fingerprint density at radius 2 is 2.00 bits per heavy atom. The zero-order chi connectivity index (χ0) is 14.8. The smallest absolute Gasteiger partial charge is 0.226 e. The summed E-state index contributed by atoms with van der Waals surface area (Å²) in [6, 6.07) is 6.25. The summed E-state index contributed by atoms with van der Waals surface area (Å²) >= 11 is 0. The van der Waals surface area contributed by atoms with Crippen LogP contribution >= 0.6 is 0 Å². The number of amides is 1. The molecule has 1 fully saturated rings. The van der Waals surface area contributed by atoms with Crippen molar-refractivity contribution in [2.24, 2.45) is 5.73 Å². The third-order valence-electron chi connectivity index (χ3n) is 3.66. The zero-order valence-corrected chi connectivity index (χ0v) is 12.4. The van der Waals surface area contributed by atoms with E-state index in [0.29, 0.717) is 5.69 Å². The minimum Gasteiger partial charge on any atom is -0.326 e. The minimum absolute atomic E-state index is 0.167. The number of rotatable bonds is 4. The number of nitrogens with one attached hydrogen (secondary N) is 1. The summed E-state index contributed by atoms with van der Waals surface area (Å²) in [4.78, 5) is 12.2. The van der Waals surface area contributed by atoms with Crippen molar-refractivity contribution in [2.45, 2.75) is 42.5 Å². The molecule has 1 aliphatic carbocycles. The fourth-order valence-corrected chi connectivity index (χ4v) is 3.25. The topological polar surface area (TPSA) is 89.3 Å². The molecule has 1 aliphatic rings. The lowest BCUT2D eigenvalue weighted by Crippen LogP contribution is -2.40. The van der Waals surface area contributed by atoms with Crippen LogP contribution in [-0.2, 0) is 14.6 Å². The van der Waals surface area contributed by atoms with E-state index in [4.69, 9.17) is 5.73 Å². The van der Waals surface area contributed by atoms with Crippen LogP contribution in [-0.4, -0.2) is 26.1 Å². The van der Waals surface area contributed by atoms with Gasteiger partial charge in [-0.1, -0.05) is 18.9 Å². The van der Waals surface area contributed by atoms with Crippen molar-refractivity contribution in [3.8, 4) is 0 Å². The molecule has 0 bridgehead atoms. The summed E-state index contributed by atoms with van der Waals surface area (Å²) in [7, 11) is -3.27. The number of carbonyl (C=O) groups excluding carboxylic acids is 1. The first kappa shape index (κ1) is 15.0. The van der Waals surface area contributed by atoms with Crippen LogP contribution in [0, 0.1) is 0 Å². The summed E-state index contributed by atoms with van der Waals surface area (Å²) < 4.78 is 22.9. The van der Waals surface area contributed by atoms with E-state index in [1.807, 2.05) is 0 Å². The molecule has 1 amide bonds. The lowest BCUT2D eigenvalue weighted by atomic mass is 9.94. The number of carbonyl (C=O) groups is 1. The molecule has 6 heteroatoms. The van der Waals surface area contributed by atoms with Crippen LogP contribution in [0.3, 0.4) is 0 Å². The van der Waals surface area contributed by atoms with Crippen LogP contribution < -0.4 is 11.1 Å².